The minimum absolute atomic E-state index is 0.294. The van der Waals surface area contributed by atoms with E-state index in [-0.39, 0.29) is 0 Å². The zero-order valence-corrected chi connectivity index (χ0v) is 6.33. The summed E-state index contributed by atoms with van der Waals surface area (Å²) in [5.41, 5.74) is 9.56. The van der Waals surface area contributed by atoms with E-state index in [1.165, 1.54) is 0 Å². The lowest BCUT2D eigenvalue weighted by Crippen LogP contribution is -2.12. The van der Waals surface area contributed by atoms with Gasteiger partial charge in [0.1, 0.15) is 0 Å². The molecule has 0 rings (SSSR count). The largest absolute Gasteiger partial charge is 0.340 e. The second kappa shape index (κ2) is 4.42. The maximum atomic E-state index is 8.67. The molecule has 0 unspecified atom stereocenters. The van der Waals surface area contributed by atoms with Crippen molar-refractivity contribution >= 4 is 17.4 Å². The quantitative estimate of drug-likeness (QED) is 0.116. The normalized spacial score (nSPS) is 9.90. The SMILES string of the molecule is [N-]=[N+]=NP(O)(O)=S=NNN. The Kier molecular flexibility index (Phi) is 4.24. The molecule has 8 nitrogen and oxygen atoms in total. The highest BCUT2D eigenvalue weighted by Crippen LogP contribution is 2.37. The number of nitrogens with two attached hydrogens (primary N) is 1. The summed E-state index contributed by atoms with van der Waals surface area (Å²) in [5.74, 6) is 4.66. The van der Waals surface area contributed by atoms with Gasteiger partial charge in [0.2, 0.25) is 0 Å². The van der Waals surface area contributed by atoms with Gasteiger partial charge in [-0.2, -0.15) is 0 Å². The standard InChI is InChI=1S/H5N6O2PS/c1-3-5-9(7,8)10-6-4-2/h4,7-8H,2H2. The lowest BCUT2D eigenvalue weighted by atomic mass is 12.6. The molecule has 0 atom stereocenters. The molecule has 0 aromatic rings. The maximum absolute atomic E-state index is 8.67. The fraction of sp³-hybridized carbons (Fsp3) is 0. The predicted molar refractivity (Wildman–Crippen MR) is 37.6 cm³/mol. The molecule has 0 aromatic carbocycles. The van der Waals surface area contributed by atoms with Crippen LogP contribution in [0.4, 0.5) is 0 Å². The van der Waals surface area contributed by atoms with Gasteiger partial charge in [-0.1, -0.05) is 0 Å². The third kappa shape index (κ3) is 4.48. The fourth-order valence-electron chi connectivity index (χ4n) is 0.147. The Morgan fingerprint density at radius 2 is 2.30 bits per heavy atom. The van der Waals surface area contributed by atoms with Crippen LogP contribution in [0, 0.1) is 0 Å². The van der Waals surface area contributed by atoms with Gasteiger partial charge in [0.15, 0.2) is 0 Å². The molecule has 10 heteroatoms. The van der Waals surface area contributed by atoms with Crippen LogP contribution in [0.3, 0.4) is 0 Å². The van der Waals surface area contributed by atoms with Gasteiger partial charge < -0.3 is 9.79 Å². The zero-order valence-electron chi connectivity index (χ0n) is 4.62. The Morgan fingerprint density at radius 3 is 2.70 bits per heavy atom. The average molecular weight is 184 g/mol. The van der Waals surface area contributed by atoms with Crippen LogP contribution in [0.5, 0.6) is 0 Å². The van der Waals surface area contributed by atoms with E-state index in [0.717, 1.165) is 0 Å². The molecule has 0 spiro atoms. The Hall–Kier alpha value is -0.400. The molecule has 0 heterocycles. The summed E-state index contributed by atoms with van der Waals surface area (Å²) in [5, 5.41) is 0. The molecule has 0 saturated carbocycles. The summed E-state index contributed by atoms with van der Waals surface area (Å²) >= 11 is 0. The van der Waals surface area contributed by atoms with E-state index in [1.54, 1.807) is 5.53 Å². The molecule has 0 aliphatic rings. The summed E-state index contributed by atoms with van der Waals surface area (Å²) in [7, 11) is 0.294. The molecule has 10 heavy (non-hydrogen) atoms. The van der Waals surface area contributed by atoms with Crippen molar-refractivity contribution in [2.45, 2.75) is 0 Å². The number of nitrogens with zero attached hydrogens (tertiary/aromatic N) is 4. The Morgan fingerprint density at radius 1 is 1.70 bits per heavy atom. The van der Waals surface area contributed by atoms with Crippen molar-refractivity contribution in [2.75, 3.05) is 0 Å². The number of nitrogens with one attached hydrogen (secondary N) is 1. The summed E-state index contributed by atoms with van der Waals surface area (Å²) in [6.07, 6.45) is 0. The highest BCUT2D eigenvalue weighted by Gasteiger charge is 2.01. The van der Waals surface area contributed by atoms with E-state index in [0.29, 0.717) is 10.7 Å². The molecule has 0 fully saturated rings. The van der Waals surface area contributed by atoms with Crippen molar-refractivity contribution in [3.05, 3.63) is 10.4 Å². The first kappa shape index (κ1) is 9.60. The topological polar surface area (TPSA) is 140 Å². The first-order chi connectivity index (χ1) is 4.62. The van der Waals surface area contributed by atoms with Crippen molar-refractivity contribution < 1.29 is 9.79 Å². The second-order valence-electron chi connectivity index (χ2n) is 0.994. The van der Waals surface area contributed by atoms with Crippen LogP contribution in [0.25, 0.3) is 10.4 Å². The molecular formula is H5N6O2PS. The van der Waals surface area contributed by atoms with Crippen LogP contribution in [-0.2, 0) is 10.7 Å². The Bertz CT molecular complexity index is 228. The van der Waals surface area contributed by atoms with E-state index in [9.17, 15) is 0 Å². The summed E-state index contributed by atoms with van der Waals surface area (Å²) in [6, 6.07) is 0. The monoisotopic (exact) mass is 184 g/mol. The molecule has 0 aliphatic heterocycles. The van der Waals surface area contributed by atoms with Crippen molar-refractivity contribution in [3.8, 4) is 0 Å². The average Bonchev–Trinajstić information content (AvgIpc) is 1.84. The van der Waals surface area contributed by atoms with Crippen LogP contribution >= 0.6 is 6.64 Å². The van der Waals surface area contributed by atoms with E-state index in [2.05, 4.69) is 20.1 Å². The van der Waals surface area contributed by atoms with Crippen molar-refractivity contribution in [3.63, 3.8) is 0 Å². The second-order valence-corrected chi connectivity index (χ2v) is 4.51. The molecule has 0 amide bonds. The number of rotatable bonds is 2. The lowest BCUT2D eigenvalue weighted by molar-refractivity contribution is 0.480. The van der Waals surface area contributed by atoms with Crippen LogP contribution in [0.1, 0.15) is 0 Å². The Labute approximate surface area is 59.2 Å². The molecule has 58 valence electrons. The van der Waals surface area contributed by atoms with Crippen LogP contribution in [0.2, 0.25) is 0 Å². The third-order valence-electron chi connectivity index (χ3n) is 0.360. The molecular weight excluding hydrogens is 179 g/mol. The number of hydrogen-bond donors (Lipinski definition) is 4. The zero-order chi connectivity index (χ0) is 8.04. The first-order valence-electron chi connectivity index (χ1n) is 1.88. The fourth-order valence-corrected chi connectivity index (χ4v) is 1.11. The summed E-state index contributed by atoms with van der Waals surface area (Å²) < 4.78 is 3.09. The number of hydrazine groups is 1. The van der Waals surface area contributed by atoms with Gasteiger partial charge in [0.25, 0.3) is 6.64 Å². The van der Waals surface area contributed by atoms with Gasteiger partial charge >= 0.3 is 0 Å². The number of azide groups is 1. The lowest BCUT2D eigenvalue weighted by Gasteiger charge is -1.93. The molecule has 0 aliphatic carbocycles. The molecule has 5 N–H and O–H groups in total. The van der Waals surface area contributed by atoms with Gasteiger partial charge in [0.05, 0.1) is 0 Å². The van der Waals surface area contributed by atoms with Crippen LogP contribution < -0.4 is 11.4 Å². The molecule has 0 radical (unpaired) electrons. The van der Waals surface area contributed by atoms with Gasteiger partial charge in [-0.25, -0.2) is 0 Å². The van der Waals surface area contributed by atoms with Crippen molar-refractivity contribution in [2.24, 2.45) is 15.2 Å². The summed E-state index contributed by atoms with van der Waals surface area (Å²) in [6.45, 7) is -3.64. The van der Waals surface area contributed by atoms with E-state index < -0.39 is 6.64 Å². The predicted octanol–water partition coefficient (Wildman–Crippen LogP) is -0.397. The van der Waals surface area contributed by atoms with Gasteiger partial charge in [-0.15, -0.1) is 10.0 Å². The molecule has 0 bridgehead atoms. The van der Waals surface area contributed by atoms with Crippen LogP contribution in [0.15, 0.2) is 9.36 Å². The van der Waals surface area contributed by atoms with Gasteiger partial charge in [-0.05, 0) is 10.4 Å². The highest BCUT2D eigenvalue weighted by molar-refractivity contribution is 8.12. The third-order valence-corrected chi connectivity index (χ3v) is 2.20. The maximum Gasteiger partial charge on any atom is 0.281 e. The molecule has 0 aromatic heterocycles. The number of hydrogen-bond acceptors (Lipinski definition) is 2. The molecule has 0 saturated heterocycles. The van der Waals surface area contributed by atoms with E-state index in [4.69, 9.17) is 15.3 Å². The van der Waals surface area contributed by atoms with Gasteiger partial charge in [-0.3, -0.25) is 5.84 Å². The minimum Gasteiger partial charge on any atom is -0.340 e. The van der Waals surface area contributed by atoms with Gasteiger partial charge in [0, 0.05) is 15.6 Å². The smallest absolute Gasteiger partial charge is 0.281 e. The van der Waals surface area contributed by atoms with E-state index in [1.807, 2.05) is 0 Å². The van der Waals surface area contributed by atoms with E-state index >= 15 is 0 Å². The first-order valence-corrected chi connectivity index (χ1v) is 4.90. The van der Waals surface area contributed by atoms with Crippen molar-refractivity contribution in [1.82, 2.24) is 5.53 Å². The summed E-state index contributed by atoms with van der Waals surface area (Å²) in [4.78, 5) is 22.2. The van der Waals surface area contributed by atoms with Crippen molar-refractivity contribution in [1.29, 1.82) is 0 Å². The Balaban J connectivity index is 4.69. The highest BCUT2D eigenvalue weighted by atomic mass is 32.5. The van der Waals surface area contributed by atoms with Crippen LogP contribution in [-0.4, -0.2) is 9.79 Å². The minimum atomic E-state index is -3.64.